The van der Waals surface area contributed by atoms with Crippen LogP contribution in [0.4, 0.5) is 5.69 Å². The third-order valence-electron chi connectivity index (χ3n) is 3.13. The van der Waals surface area contributed by atoms with Gasteiger partial charge in [-0.1, -0.05) is 37.9 Å². The molecule has 0 aliphatic rings. The van der Waals surface area contributed by atoms with Gasteiger partial charge in [0, 0.05) is 11.7 Å². The van der Waals surface area contributed by atoms with Crippen LogP contribution in [-0.2, 0) is 0 Å². The summed E-state index contributed by atoms with van der Waals surface area (Å²) in [5, 5.41) is 3.31. The minimum atomic E-state index is -0.207. The summed E-state index contributed by atoms with van der Waals surface area (Å²) in [6.45, 7) is 6.18. The number of nitrogens with two attached hydrogens (primary N) is 1. The van der Waals surface area contributed by atoms with Crippen LogP contribution in [0.5, 0.6) is 0 Å². The van der Waals surface area contributed by atoms with E-state index in [1.54, 1.807) is 18.2 Å². The van der Waals surface area contributed by atoms with Gasteiger partial charge in [-0.3, -0.25) is 4.79 Å². The predicted octanol–water partition coefficient (Wildman–Crippen LogP) is 3.09. The van der Waals surface area contributed by atoms with Gasteiger partial charge >= 0.3 is 0 Å². The third kappa shape index (κ3) is 3.37. The van der Waals surface area contributed by atoms with Crippen LogP contribution in [0.25, 0.3) is 0 Å². The molecule has 1 amide bonds. The Morgan fingerprint density at radius 1 is 1.47 bits per heavy atom. The number of benzene rings is 1. The van der Waals surface area contributed by atoms with Crippen LogP contribution >= 0.6 is 11.6 Å². The molecule has 2 atom stereocenters. The normalized spacial score (nSPS) is 14.1. The van der Waals surface area contributed by atoms with E-state index in [4.69, 9.17) is 17.3 Å². The molecule has 3 N–H and O–H groups in total. The van der Waals surface area contributed by atoms with Crippen LogP contribution in [0.15, 0.2) is 18.2 Å². The summed E-state index contributed by atoms with van der Waals surface area (Å²) in [6, 6.07) is 5.17. The van der Waals surface area contributed by atoms with Crippen molar-refractivity contribution in [2.45, 2.75) is 33.2 Å². The van der Waals surface area contributed by atoms with Gasteiger partial charge in [-0.2, -0.15) is 0 Å². The van der Waals surface area contributed by atoms with E-state index in [1.807, 2.05) is 6.92 Å². The van der Waals surface area contributed by atoms with Gasteiger partial charge in [0.05, 0.1) is 10.6 Å². The Labute approximate surface area is 107 Å². The van der Waals surface area contributed by atoms with Gasteiger partial charge in [0.2, 0.25) is 0 Å². The molecule has 1 aromatic rings. The van der Waals surface area contributed by atoms with Crippen molar-refractivity contribution in [2.75, 3.05) is 5.73 Å². The lowest BCUT2D eigenvalue weighted by Crippen LogP contribution is -2.37. The van der Waals surface area contributed by atoms with Crippen molar-refractivity contribution in [3.8, 4) is 0 Å². The second-order valence-electron chi connectivity index (χ2n) is 4.35. The molecule has 0 aliphatic heterocycles. The molecular formula is C13H19ClN2O. The van der Waals surface area contributed by atoms with Crippen molar-refractivity contribution in [1.29, 1.82) is 0 Å². The van der Waals surface area contributed by atoms with E-state index in [-0.39, 0.29) is 11.9 Å². The SMILES string of the molecule is CCC(C)C(C)NC(=O)c1c(N)cccc1Cl. The highest BCUT2D eigenvalue weighted by Gasteiger charge is 2.18. The van der Waals surface area contributed by atoms with Gasteiger partial charge in [0.1, 0.15) is 0 Å². The number of carbonyl (C=O) groups is 1. The quantitative estimate of drug-likeness (QED) is 0.812. The van der Waals surface area contributed by atoms with Crippen molar-refractivity contribution in [3.63, 3.8) is 0 Å². The minimum Gasteiger partial charge on any atom is -0.398 e. The fourth-order valence-corrected chi connectivity index (χ4v) is 1.82. The Morgan fingerprint density at radius 2 is 2.12 bits per heavy atom. The standard InChI is InChI=1S/C13H19ClN2O/c1-4-8(2)9(3)16-13(17)12-10(14)6-5-7-11(12)15/h5-9H,4,15H2,1-3H3,(H,16,17). The van der Waals surface area contributed by atoms with Crippen molar-refractivity contribution in [3.05, 3.63) is 28.8 Å². The molecule has 1 aromatic carbocycles. The summed E-state index contributed by atoms with van der Waals surface area (Å²) in [6.07, 6.45) is 1.01. The first-order valence-electron chi connectivity index (χ1n) is 5.82. The number of hydrogen-bond donors (Lipinski definition) is 2. The highest BCUT2D eigenvalue weighted by Crippen LogP contribution is 2.22. The van der Waals surface area contributed by atoms with Crippen LogP contribution in [-0.4, -0.2) is 11.9 Å². The Balaban J connectivity index is 2.84. The molecule has 1 rings (SSSR count). The summed E-state index contributed by atoms with van der Waals surface area (Å²) >= 11 is 5.98. The Morgan fingerprint density at radius 3 is 2.65 bits per heavy atom. The van der Waals surface area contributed by atoms with Gasteiger partial charge in [0.25, 0.3) is 5.91 Å². The maximum atomic E-state index is 12.0. The van der Waals surface area contributed by atoms with Crippen molar-refractivity contribution in [2.24, 2.45) is 5.92 Å². The number of rotatable bonds is 4. The minimum absolute atomic E-state index is 0.100. The molecule has 0 saturated heterocycles. The van der Waals surface area contributed by atoms with Crippen molar-refractivity contribution < 1.29 is 4.79 Å². The molecule has 3 nitrogen and oxygen atoms in total. The first-order valence-corrected chi connectivity index (χ1v) is 6.20. The van der Waals surface area contributed by atoms with Gasteiger partial charge in [-0.05, 0) is 25.0 Å². The van der Waals surface area contributed by atoms with E-state index in [0.29, 0.717) is 22.2 Å². The second kappa shape index (κ2) is 5.92. The molecular weight excluding hydrogens is 236 g/mol. The van der Waals surface area contributed by atoms with Crippen LogP contribution < -0.4 is 11.1 Å². The van der Waals surface area contributed by atoms with Crippen LogP contribution in [0.2, 0.25) is 5.02 Å². The Hall–Kier alpha value is -1.22. The fraction of sp³-hybridized carbons (Fsp3) is 0.462. The number of nitrogen functional groups attached to an aromatic ring is 1. The number of amides is 1. The molecule has 0 saturated carbocycles. The molecule has 4 heteroatoms. The zero-order valence-electron chi connectivity index (χ0n) is 10.5. The number of carbonyl (C=O) groups excluding carboxylic acids is 1. The lowest BCUT2D eigenvalue weighted by Gasteiger charge is -2.20. The largest absolute Gasteiger partial charge is 0.398 e. The summed E-state index contributed by atoms with van der Waals surface area (Å²) in [5.74, 6) is 0.212. The molecule has 17 heavy (non-hydrogen) atoms. The summed E-state index contributed by atoms with van der Waals surface area (Å²) in [4.78, 5) is 12.0. The predicted molar refractivity (Wildman–Crippen MR) is 72.2 cm³/mol. The van der Waals surface area contributed by atoms with Gasteiger partial charge < -0.3 is 11.1 Å². The van der Waals surface area contributed by atoms with Gasteiger partial charge in [-0.25, -0.2) is 0 Å². The van der Waals surface area contributed by atoms with Crippen molar-refractivity contribution >= 4 is 23.2 Å². The monoisotopic (exact) mass is 254 g/mol. The van der Waals surface area contributed by atoms with E-state index >= 15 is 0 Å². The second-order valence-corrected chi connectivity index (χ2v) is 4.76. The molecule has 94 valence electrons. The van der Waals surface area contributed by atoms with Gasteiger partial charge in [0.15, 0.2) is 0 Å². The van der Waals surface area contributed by atoms with Crippen molar-refractivity contribution in [1.82, 2.24) is 5.32 Å². The van der Waals surface area contributed by atoms with Crippen LogP contribution in [0.3, 0.4) is 0 Å². The lowest BCUT2D eigenvalue weighted by molar-refractivity contribution is 0.0929. The molecule has 2 unspecified atom stereocenters. The molecule has 0 spiro atoms. The van der Waals surface area contributed by atoms with Crippen LogP contribution in [0, 0.1) is 5.92 Å². The van der Waals surface area contributed by atoms with E-state index in [9.17, 15) is 4.79 Å². The summed E-state index contributed by atoms with van der Waals surface area (Å²) in [5.41, 5.74) is 6.54. The Kier molecular flexibility index (Phi) is 4.82. The lowest BCUT2D eigenvalue weighted by atomic mass is 10.0. The van der Waals surface area contributed by atoms with Gasteiger partial charge in [-0.15, -0.1) is 0 Å². The highest BCUT2D eigenvalue weighted by molar-refractivity contribution is 6.34. The first-order chi connectivity index (χ1) is 7.97. The summed E-state index contributed by atoms with van der Waals surface area (Å²) in [7, 11) is 0. The molecule has 0 heterocycles. The topological polar surface area (TPSA) is 55.1 Å². The number of halogens is 1. The van der Waals surface area contributed by atoms with E-state index in [1.165, 1.54) is 0 Å². The van der Waals surface area contributed by atoms with E-state index < -0.39 is 0 Å². The first kappa shape index (κ1) is 13.8. The smallest absolute Gasteiger partial charge is 0.255 e. The molecule has 0 bridgehead atoms. The maximum Gasteiger partial charge on any atom is 0.255 e. The maximum absolute atomic E-state index is 12.0. The molecule has 0 aromatic heterocycles. The molecule has 0 fully saturated rings. The average Bonchev–Trinajstić information content (AvgIpc) is 2.27. The van der Waals surface area contributed by atoms with E-state index in [2.05, 4.69) is 19.2 Å². The zero-order chi connectivity index (χ0) is 13.0. The number of anilines is 1. The summed E-state index contributed by atoms with van der Waals surface area (Å²) < 4.78 is 0. The number of nitrogens with one attached hydrogen (secondary N) is 1. The third-order valence-corrected chi connectivity index (χ3v) is 3.44. The number of hydrogen-bond acceptors (Lipinski definition) is 2. The fourth-order valence-electron chi connectivity index (χ4n) is 1.56. The zero-order valence-corrected chi connectivity index (χ0v) is 11.2. The average molecular weight is 255 g/mol. The van der Waals surface area contributed by atoms with E-state index in [0.717, 1.165) is 6.42 Å². The Bertz CT molecular complexity index is 386. The van der Waals surface area contributed by atoms with Crippen LogP contribution in [0.1, 0.15) is 37.6 Å². The molecule has 0 aliphatic carbocycles. The molecule has 0 radical (unpaired) electrons. The highest BCUT2D eigenvalue weighted by atomic mass is 35.5.